The molecular weight excluding hydrogens is 256 g/mol. The Balaban J connectivity index is 2.92. The molecule has 15 heavy (non-hydrogen) atoms. The van der Waals surface area contributed by atoms with Crippen LogP contribution in [0.3, 0.4) is 0 Å². The highest BCUT2D eigenvalue weighted by Crippen LogP contribution is 2.21. The molecule has 2 N–H and O–H groups in total. The van der Waals surface area contributed by atoms with Crippen LogP contribution in [-0.2, 0) is 0 Å². The first kappa shape index (κ1) is 12.0. The van der Waals surface area contributed by atoms with E-state index in [0.29, 0.717) is 5.56 Å². The van der Waals surface area contributed by atoms with Gasteiger partial charge in [0.15, 0.2) is 0 Å². The van der Waals surface area contributed by atoms with Crippen LogP contribution < -0.4 is 5.32 Å². The maximum atomic E-state index is 9.06. The Hall–Kier alpha value is -1.05. The van der Waals surface area contributed by atoms with Crippen molar-refractivity contribution in [1.29, 1.82) is 5.26 Å². The van der Waals surface area contributed by atoms with Crippen molar-refractivity contribution < 1.29 is 5.11 Å². The molecule has 0 heterocycles. The van der Waals surface area contributed by atoms with E-state index in [-0.39, 0.29) is 12.6 Å². The summed E-state index contributed by atoms with van der Waals surface area (Å²) in [5.41, 5.74) is 1.35. The molecule has 0 radical (unpaired) electrons. The van der Waals surface area contributed by atoms with Crippen LogP contribution in [0.1, 0.15) is 18.9 Å². The Morgan fingerprint density at radius 3 is 2.87 bits per heavy atom. The highest BCUT2D eigenvalue weighted by Gasteiger charge is 2.08. The molecule has 0 aliphatic rings. The maximum Gasteiger partial charge on any atom is 0.101 e. The average molecular weight is 269 g/mol. The van der Waals surface area contributed by atoms with Crippen LogP contribution in [-0.4, -0.2) is 17.8 Å². The van der Waals surface area contributed by atoms with E-state index in [1.54, 1.807) is 6.07 Å². The van der Waals surface area contributed by atoms with Crippen molar-refractivity contribution in [3.63, 3.8) is 0 Å². The third kappa shape index (κ3) is 3.22. The number of benzene rings is 1. The molecule has 0 spiro atoms. The molecule has 0 bridgehead atoms. The molecular formula is C11H13BrN2O. The molecule has 1 rings (SSSR count). The second-order valence-electron chi connectivity index (χ2n) is 3.23. The normalized spacial score (nSPS) is 11.9. The lowest BCUT2D eigenvalue weighted by molar-refractivity contribution is 0.272. The monoisotopic (exact) mass is 268 g/mol. The van der Waals surface area contributed by atoms with E-state index in [2.05, 4.69) is 27.3 Å². The summed E-state index contributed by atoms with van der Waals surface area (Å²) in [4.78, 5) is 0. The number of aliphatic hydroxyl groups is 1. The SMILES string of the molecule is CCC(CO)Nc1cc(Br)ccc1C#N. The molecule has 0 saturated heterocycles. The summed E-state index contributed by atoms with van der Waals surface area (Å²) in [5, 5.41) is 21.1. The van der Waals surface area contributed by atoms with Crippen molar-refractivity contribution in [2.24, 2.45) is 0 Å². The summed E-state index contributed by atoms with van der Waals surface area (Å²) >= 11 is 3.35. The molecule has 1 unspecified atom stereocenters. The fourth-order valence-electron chi connectivity index (χ4n) is 1.23. The number of hydrogen-bond acceptors (Lipinski definition) is 3. The van der Waals surface area contributed by atoms with Gasteiger partial charge in [0.25, 0.3) is 0 Å². The summed E-state index contributed by atoms with van der Waals surface area (Å²) in [7, 11) is 0. The minimum Gasteiger partial charge on any atom is -0.394 e. The zero-order valence-corrected chi connectivity index (χ0v) is 10.1. The smallest absolute Gasteiger partial charge is 0.101 e. The fraction of sp³-hybridized carbons (Fsp3) is 0.364. The van der Waals surface area contributed by atoms with Gasteiger partial charge in [0, 0.05) is 10.5 Å². The lowest BCUT2D eigenvalue weighted by Crippen LogP contribution is -2.23. The topological polar surface area (TPSA) is 56.0 Å². The summed E-state index contributed by atoms with van der Waals surface area (Å²) in [6.07, 6.45) is 0.813. The number of nitrogens with zero attached hydrogens (tertiary/aromatic N) is 1. The van der Waals surface area contributed by atoms with Gasteiger partial charge in [-0.25, -0.2) is 0 Å². The van der Waals surface area contributed by atoms with Gasteiger partial charge in [-0.2, -0.15) is 5.26 Å². The first-order chi connectivity index (χ1) is 7.21. The molecule has 0 aliphatic heterocycles. The summed E-state index contributed by atoms with van der Waals surface area (Å²) < 4.78 is 0.914. The highest BCUT2D eigenvalue weighted by atomic mass is 79.9. The standard InChI is InChI=1S/C11H13BrN2O/c1-2-10(7-15)14-11-5-9(12)4-3-8(11)6-13/h3-5,10,14-15H,2,7H2,1H3. The zero-order valence-electron chi connectivity index (χ0n) is 8.50. The number of nitriles is 1. The summed E-state index contributed by atoms with van der Waals surface area (Å²) in [6.45, 7) is 2.05. The maximum absolute atomic E-state index is 9.06. The Morgan fingerprint density at radius 2 is 2.33 bits per heavy atom. The lowest BCUT2D eigenvalue weighted by Gasteiger charge is -2.16. The quantitative estimate of drug-likeness (QED) is 0.883. The second kappa shape index (κ2) is 5.74. The van der Waals surface area contributed by atoms with E-state index in [1.807, 2.05) is 19.1 Å². The van der Waals surface area contributed by atoms with Crippen LogP contribution >= 0.6 is 15.9 Å². The van der Waals surface area contributed by atoms with Gasteiger partial charge in [0.1, 0.15) is 6.07 Å². The number of nitrogens with one attached hydrogen (secondary N) is 1. The van der Waals surface area contributed by atoms with Crippen LogP contribution in [0.25, 0.3) is 0 Å². The summed E-state index contributed by atoms with van der Waals surface area (Å²) in [6, 6.07) is 7.52. The summed E-state index contributed by atoms with van der Waals surface area (Å²) in [5.74, 6) is 0. The molecule has 0 aliphatic carbocycles. The second-order valence-corrected chi connectivity index (χ2v) is 4.15. The Labute approximate surface area is 97.9 Å². The van der Waals surface area contributed by atoms with E-state index in [4.69, 9.17) is 10.4 Å². The molecule has 3 nitrogen and oxygen atoms in total. The van der Waals surface area contributed by atoms with E-state index < -0.39 is 0 Å². The Kier molecular flexibility index (Phi) is 4.60. The van der Waals surface area contributed by atoms with Gasteiger partial charge < -0.3 is 10.4 Å². The fourth-order valence-corrected chi connectivity index (χ4v) is 1.59. The van der Waals surface area contributed by atoms with Crippen molar-refractivity contribution in [1.82, 2.24) is 0 Å². The predicted molar refractivity (Wildman–Crippen MR) is 63.6 cm³/mol. The van der Waals surface area contributed by atoms with E-state index in [9.17, 15) is 0 Å². The first-order valence-corrected chi connectivity index (χ1v) is 5.57. The molecule has 1 aromatic rings. The zero-order chi connectivity index (χ0) is 11.3. The van der Waals surface area contributed by atoms with Gasteiger partial charge in [-0.1, -0.05) is 22.9 Å². The minimum atomic E-state index is -0.00796. The van der Waals surface area contributed by atoms with Crippen LogP contribution in [0.5, 0.6) is 0 Å². The van der Waals surface area contributed by atoms with Gasteiger partial charge in [0.2, 0.25) is 0 Å². The van der Waals surface area contributed by atoms with Crippen molar-refractivity contribution >= 4 is 21.6 Å². The molecule has 1 aromatic carbocycles. The molecule has 0 fully saturated rings. The molecule has 4 heteroatoms. The van der Waals surface area contributed by atoms with E-state index >= 15 is 0 Å². The van der Waals surface area contributed by atoms with Gasteiger partial charge in [0.05, 0.1) is 17.9 Å². The van der Waals surface area contributed by atoms with Crippen molar-refractivity contribution in [3.8, 4) is 6.07 Å². The Morgan fingerprint density at radius 1 is 1.60 bits per heavy atom. The first-order valence-electron chi connectivity index (χ1n) is 4.78. The molecule has 0 saturated carbocycles. The van der Waals surface area contributed by atoms with Gasteiger partial charge in [-0.3, -0.25) is 0 Å². The lowest BCUT2D eigenvalue weighted by atomic mass is 10.1. The number of hydrogen-bond donors (Lipinski definition) is 2. The number of aliphatic hydroxyl groups excluding tert-OH is 1. The van der Waals surface area contributed by atoms with Gasteiger partial charge >= 0.3 is 0 Å². The number of anilines is 1. The van der Waals surface area contributed by atoms with Gasteiger partial charge in [-0.05, 0) is 24.6 Å². The average Bonchev–Trinajstić information content (AvgIpc) is 2.26. The van der Waals surface area contributed by atoms with Crippen LogP contribution in [0.2, 0.25) is 0 Å². The van der Waals surface area contributed by atoms with Crippen LogP contribution in [0.4, 0.5) is 5.69 Å². The van der Waals surface area contributed by atoms with Crippen molar-refractivity contribution in [2.45, 2.75) is 19.4 Å². The highest BCUT2D eigenvalue weighted by molar-refractivity contribution is 9.10. The van der Waals surface area contributed by atoms with Crippen LogP contribution in [0, 0.1) is 11.3 Å². The van der Waals surface area contributed by atoms with Gasteiger partial charge in [-0.15, -0.1) is 0 Å². The third-order valence-corrected chi connectivity index (χ3v) is 2.67. The molecule has 0 aromatic heterocycles. The van der Waals surface area contributed by atoms with Crippen molar-refractivity contribution in [2.75, 3.05) is 11.9 Å². The minimum absolute atomic E-state index is 0.00796. The molecule has 1 atom stereocenters. The van der Waals surface area contributed by atoms with E-state index in [1.165, 1.54) is 0 Å². The number of halogens is 1. The van der Waals surface area contributed by atoms with Crippen molar-refractivity contribution in [3.05, 3.63) is 28.2 Å². The largest absolute Gasteiger partial charge is 0.394 e. The third-order valence-electron chi connectivity index (χ3n) is 2.17. The Bertz CT molecular complexity index is 369. The van der Waals surface area contributed by atoms with E-state index in [0.717, 1.165) is 16.6 Å². The number of rotatable bonds is 4. The molecule has 0 amide bonds. The molecule has 80 valence electrons. The van der Waals surface area contributed by atoms with Crippen LogP contribution in [0.15, 0.2) is 22.7 Å². The predicted octanol–water partition coefficient (Wildman–Crippen LogP) is 2.50.